The van der Waals surface area contributed by atoms with E-state index in [-0.39, 0.29) is 0 Å². The van der Waals surface area contributed by atoms with Crippen LogP contribution in [0.1, 0.15) is 47.2 Å². The van der Waals surface area contributed by atoms with E-state index in [2.05, 4.69) is 39.2 Å². The number of fused-ring (bicyclic) bond motifs is 1. The van der Waals surface area contributed by atoms with Crippen molar-refractivity contribution in [1.82, 2.24) is 14.9 Å². The molecule has 2 aromatic rings. The lowest BCUT2D eigenvalue weighted by Gasteiger charge is -2.28. The summed E-state index contributed by atoms with van der Waals surface area (Å²) in [6, 6.07) is 9.28. The number of aryl methyl sites for hydroxylation is 1. The van der Waals surface area contributed by atoms with Crippen LogP contribution in [-0.2, 0) is 6.42 Å². The van der Waals surface area contributed by atoms with Gasteiger partial charge >= 0.3 is 0 Å². The van der Waals surface area contributed by atoms with E-state index in [9.17, 15) is 0 Å². The predicted molar refractivity (Wildman–Crippen MR) is 78.4 cm³/mol. The third-order valence-electron chi connectivity index (χ3n) is 4.08. The van der Waals surface area contributed by atoms with E-state index in [0.29, 0.717) is 12.0 Å². The molecule has 0 radical (unpaired) electrons. The van der Waals surface area contributed by atoms with Gasteiger partial charge in [0.1, 0.15) is 0 Å². The summed E-state index contributed by atoms with van der Waals surface area (Å²) in [6.07, 6.45) is 6.86. The molecule has 3 rings (SSSR count). The molecular formula is C15H19N3S. The molecule has 2 atom stereocenters. The van der Waals surface area contributed by atoms with Crippen LogP contribution in [0.25, 0.3) is 0 Å². The van der Waals surface area contributed by atoms with Crippen LogP contribution >= 0.6 is 11.5 Å². The lowest BCUT2D eigenvalue weighted by Crippen LogP contribution is -2.20. The highest BCUT2D eigenvalue weighted by Gasteiger charge is 2.24. The molecule has 0 bridgehead atoms. The van der Waals surface area contributed by atoms with Gasteiger partial charge in [0.25, 0.3) is 0 Å². The molecule has 0 amide bonds. The van der Waals surface area contributed by atoms with Crippen LogP contribution in [0, 0.1) is 0 Å². The second kappa shape index (κ2) is 5.80. The van der Waals surface area contributed by atoms with Crippen molar-refractivity contribution in [3.63, 3.8) is 0 Å². The number of hydrogen-bond acceptors (Lipinski definition) is 4. The summed E-state index contributed by atoms with van der Waals surface area (Å²) in [5, 5.41) is 7.37. The number of hydrogen-bond donors (Lipinski definition) is 1. The first-order valence-electron chi connectivity index (χ1n) is 6.91. The molecule has 19 heavy (non-hydrogen) atoms. The zero-order chi connectivity index (χ0) is 13.1. The first-order valence-corrected chi connectivity index (χ1v) is 7.68. The Morgan fingerprint density at radius 2 is 2.32 bits per heavy atom. The van der Waals surface area contributed by atoms with Gasteiger partial charge in [-0.3, -0.25) is 0 Å². The number of nitrogens with one attached hydrogen (secondary N) is 1. The molecule has 0 aliphatic heterocycles. The number of rotatable bonds is 4. The van der Waals surface area contributed by atoms with Gasteiger partial charge in [-0.1, -0.05) is 28.8 Å². The Morgan fingerprint density at radius 1 is 1.42 bits per heavy atom. The molecule has 0 saturated carbocycles. The molecule has 0 fully saturated rings. The van der Waals surface area contributed by atoms with Crippen molar-refractivity contribution in [3.8, 4) is 0 Å². The highest BCUT2D eigenvalue weighted by molar-refractivity contribution is 7.05. The van der Waals surface area contributed by atoms with Crippen molar-refractivity contribution < 1.29 is 0 Å². The molecule has 3 nitrogen and oxygen atoms in total. The summed E-state index contributed by atoms with van der Waals surface area (Å²) in [5.41, 5.74) is 3.09. The third kappa shape index (κ3) is 2.69. The maximum atomic E-state index is 3.98. The van der Waals surface area contributed by atoms with E-state index < -0.39 is 0 Å². The van der Waals surface area contributed by atoms with Crippen LogP contribution in [0.4, 0.5) is 0 Å². The monoisotopic (exact) mass is 273 g/mol. The van der Waals surface area contributed by atoms with Crippen LogP contribution in [0.3, 0.4) is 0 Å². The first kappa shape index (κ1) is 12.8. The second-order valence-electron chi connectivity index (χ2n) is 5.18. The van der Waals surface area contributed by atoms with Gasteiger partial charge in [-0.05, 0) is 61.3 Å². The van der Waals surface area contributed by atoms with Crippen molar-refractivity contribution in [2.45, 2.75) is 37.6 Å². The first-order chi connectivity index (χ1) is 9.38. The third-order valence-corrected chi connectivity index (χ3v) is 4.86. The summed E-state index contributed by atoms with van der Waals surface area (Å²) >= 11 is 1.50. The highest BCUT2D eigenvalue weighted by atomic mass is 32.1. The molecule has 1 aromatic carbocycles. The zero-order valence-electron chi connectivity index (χ0n) is 11.2. The Bertz CT molecular complexity index is 524. The molecule has 100 valence electrons. The molecule has 1 aliphatic rings. The summed E-state index contributed by atoms with van der Waals surface area (Å²) in [7, 11) is 2.03. The van der Waals surface area contributed by atoms with Crippen LogP contribution < -0.4 is 5.32 Å². The minimum atomic E-state index is 0.371. The Hall–Kier alpha value is -1.26. The fourth-order valence-electron chi connectivity index (χ4n) is 3.09. The number of benzene rings is 1. The van der Waals surface area contributed by atoms with Crippen molar-refractivity contribution in [2.24, 2.45) is 0 Å². The maximum absolute atomic E-state index is 3.98. The van der Waals surface area contributed by atoms with E-state index in [1.165, 1.54) is 41.2 Å². The Labute approximate surface area is 118 Å². The highest BCUT2D eigenvalue weighted by Crippen LogP contribution is 2.37. The normalized spacial score (nSPS) is 19.9. The van der Waals surface area contributed by atoms with Gasteiger partial charge < -0.3 is 5.32 Å². The molecule has 1 heterocycles. The van der Waals surface area contributed by atoms with E-state index in [1.807, 2.05) is 13.2 Å². The molecule has 1 aromatic heterocycles. The van der Waals surface area contributed by atoms with Gasteiger partial charge in [-0.15, -0.1) is 5.10 Å². The van der Waals surface area contributed by atoms with Crippen molar-refractivity contribution in [1.29, 1.82) is 0 Å². The quantitative estimate of drug-likeness (QED) is 0.928. The average molecular weight is 273 g/mol. The van der Waals surface area contributed by atoms with E-state index in [1.54, 1.807) is 5.56 Å². The number of nitrogens with zero attached hydrogens (tertiary/aromatic N) is 2. The smallest absolute Gasteiger partial charge is 0.0669 e. The number of aromatic nitrogens is 2. The average Bonchev–Trinajstić information content (AvgIpc) is 2.99. The van der Waals surface area contributed by atoms with Crippen molar-refractivity contribution in [3.05, 3.63) is 46.5 Å². The summed E-state index contributed by atoms with van der Waals surface area (Å²) in [6.45, 7) is 0. The van der Waals surface area contributed by atoms with Crippen LogP contribution in [0.5, 0.6) is 0 Å². The van der Waals surface area contributed by atoms with Crippen LogP contribution in [0.15, 0.2) is 30.5 Å². The lowest BCUT2D eigenvalue weighted by atomic mass is 9.79. The standard InChI is InChI=1S/C15H19N3S/c1-16-14(15-10-17-18-19-15)9-12-7-4-6-11-5-2-3-8-13(11)12/h2-3,5,8,10,12,14,16H,4,6-7,9H2,1H3. The molecule has 0 spiro atoms. The van der Waals surface area contributed by atoms with E-state index in [4.69, 9.17) is 0 Å². The van der Waals surface area contributed by atoms with Gasteiger partial charge in [0.2, 0.25) is 0 Å². The predicted octanol–water partition coefficient (Wildman–Crippen LogP) is 3.31. The SMILES string of the molecule is CNC(CC1CCCc2ccccc21)c1cnns1. The van der Waals surface area contributed by atoms with E-state index in [0.717, 1.165) is 6.42 Å². The van der Waals surface area contributed by atoms with Gasteiger partial charge in [-0.25, -0.2) is 0 Å². The largest absolute Gasteiger partial charge is 0.312 e. The van der Waals surface area contributed by atoms with Gasteiger partial charge in [0, 0.05) is 6.04 Å². The van der Waals surface area contributed by atoms with Gasteiger partial charge in [0.05, 0.1) is 11.1 Å². The lowest BCUT2D eigenvalue weighted by molar-refractivity contribution is 0.443. The summed E-state index contributed by atoms with van der Waals surface area (Å²) < 4.78 is 3.98. The molecule has 1 N–H and O–H groups in total. The molecule has 1 aliphatic carbocycles. The second-order valence-corrected chi connectivity index (χ2v) is 6.00. The Kier molecular flexibility index (Phi) is 3.89. The topological polar surface area (TPSA) is 37.8 Å². The minimum Gasteiger partial charge on any atom is -0.312 e. The molecular weight excluding hydrogens is 254 g/mol. The Balaban J connectivity index is 1.80. The van der Waals surface area contributed by atoms with Crippen LogP contribution in [-0.4, -0.2) is 16.6 Å². The van der Waals surface area contributed by atoms with Gasteiger partial charge in [-0.2, -0.15) is 0 Å². The van der Waals surface area contributed by atoms with Crippen molar-refractivity contribution in [2.75, 3.05) is 7.05 Å². The van der Waals surface area contributed by atoms with Crippen molar-refractivity contribution >= 4 is 11.5 Å². The molecule has 4 heteroatoms. The molecule has 0 saturated heterocycles. The zero-order valence-corrected chi connectivity index (χ0v) is 12.0. The maximum Gasteiger partial charge on any atom is 0.0669 e. The summed E-state index contributed by atoms with van der Waals surface area (Å²) in [4.78, 5) is 1.24. The van der Waals surface area contributed by atoms with Crippen LogP contribution in [0.2, 0.25) is 0 Å². The van der Waals surface area contributed by atoms with E-state index >= 15 is 0 Å². The Morgan fingerprint density at radius 3 is 3.11 bits per heavy atom. The summed E-state index contributed by atoms with van der Waals surface area (Å²) in [5.74, 6) is 0.657. The fraction of sp³-hybridized carbons (Fsp3) is 0.467. The molecule has 2 unspecified atom stereocenters. The minimum absolute atomic E-state index is 0.371. The fourth-order valence-corrected chi connectivity index (χ4v) is 3.71. The van der Waals surface area contributed by atoms with Gasteiger partial charge in [0.15, 0.2) is 0 Å².